The fourth-order valence-corrected chi connectivity index (χ4v) is 1.53. The molecule has 0 unspecified atom stereocenters. The summed E-state index contributed by atoms with van der Waals surface area (Å²) in [6, 6.07) is 7.74. The van der Waals surface area contributed by atoms with Crippen molar-refractivity contribution in [1.29, 1.82) is 0 Å². The van der Waals surface area contributed by atoms with E-state index in [1.54, 1.807) is 12.4 Å². The van der Waals surface area contributed by atoms with Gasteiger partial charge in [-0.1, -0.05) is 0 Å². The Labute approximate surface area is 91.6 Å². The number of hydrogen-bond donors (Lipinski definition) is 2. The summed E-state index contributed by atoms with van der Waals surface area (Å²) >= 11 is 0. The van der Waals surface area contributed by atoms with Gasteiger partial charge in [0.2, 0.25) is 0 Å². The second-order valence-electron chi connectivity index (χ2n) is 3.37. The van der Waals surface area contributed by atoms with Gasteiger partial charge in [0.1, 0.15) is 0 Å². The lowest BCUT2D eigenvalue weighted by molar-refractivity contribution is 1.08. The molecule has 5 heteroatoms. The highest BCUT2D eigenvalue weighted by molar-refractivity contribution is 5.61. The molecule has 16 heavy (non-hydrogen) atoms. The second kappa shape index (κ2) is 3.62. The largest absolute Gasteiger partial charge is 0.278 e. The Balaban J connectivity index is 1.97. The first-order valence-electron chi connectivity index (χ1n) is 4.89. The van der Waals surface area contributed by atoms with Crippen molar-refractivity contribution in [3.05, 3.63) is 42.9 Å². The highest BCUT2D eigenvalue weighted by Gasteiger charge is 2.02. The molecule has 3 heterocycles. The molecule has 0 radical (unpaired) electrons. The Hall–Kier alpha value is -2.43. The van der Waals surface area contributed by atoms with Crippen LogP contribution in [0.25, 0.3) is 22.6 Å². The average molecular weight is 211 g/mol. The number of nitrogens with one attached hydrogen (secondary N) is 2. The molecule has 0 atom stereocenters. The van der Waals surface area contributed by atoms with E-state index in [0.717, 1.165) is 22.6 Å². The number of H-pyrrole nitrogens is 2. The molecule has 0 spiro atoms. The van der Waals surface area contributed by atoms with Crippen LogP contribution in [-0.2, 0) is 0 Å². The van der Waals surface area contributed by atoms with E-state index in [2.05, 4.69) is 25.4 Å². The number of nitrogens with zero attached hydrogens (tertiary/aromatic N) is 3. The third-order valence-electron chi connectivity index (χ3n) is 2.35. The second-order valence-corrected chi connectivity index (χ2v) is 3.37. The zero-order valence-electron chi connectivity index (χ0n) is 8.38. The van der Waals surface area contributed by atoms with Gasteiger partial charge >= 0.3 is 0 Å². The summed E-state index contributed by atoms with van der Waals surface area (Å²) in [6.07, 6.45) is 5.24. The first-order valence-corrected chi connectivity index (χ1v) is 4.89. The van der Waals surface area contributed by atoms with E-state index < -0.39 is 0 Å². The normalized spacial score (nSPS) is 10.5. The van der Waals surface area contributed by atoms with Gasteiger partial charge in [0.25, 0.3) is 0 Å². The molecule has 0 bridgehead atoms. The molecule has 0 saturated heterocycles. The van der Waals surface area contributed by atoms with E-state index in [1.165, 1.54) is 0 Å². The van der Waals surface area contributed by atoms with Gasteiger partial charge in [-0.3, -0.25) is 15.2 Å². The third kappa shape index (κ3) is 1.48. The van der Waals surface area contributed by atoms with Crippen LogP contribution < -0.4 is 0 Å². The van der Waals surface area contributed by atoms with Crippen molar-refractivity contribution < 1.29 is 0 Å². The molecule has 5 nitrogen and oxygen atoms in total. The molecule has 0 aromatic carbocycles. The molecule has 0 fully saturated rings. The van der Waals surface area contributed by atoms with Crippen LogP contribution in [-0.4, -0.2) is 25.4 Å². The molecule has 0 aliphatic heterocycles. The first kappa shape index (κ1) is 8.84. The summed E-state index contributed by atoms with van der Waals surface area (Å²) in [6.45, 7) is 0. The van der Waals surface area contributed by atoms with Crippen LogP contribution in [0.2, 0.25) is 0 Å². The fourth-order valence-electron chi connectivity index (χ4n) is 1.53. The molecule has 3 aromatic rings. The molecule has 0 aliphatic carbocycles. The van der Waals surface area contributed by atoms with Crippen molar-refractivity contribution >= 4 is 0 Å². The van der Waals surface area contributed by atoms with E-state index in [9.17, 15) is 0 Å². The zero-order chi connectivity index (χ0) is 10.8. The predicted molar refractivity (Wildman–Crippen MR) is 59.4 cm³/mol. The van der Waals surface area contributed by atoms with Crippen LogP contribution in [0.15, 0.2) is 42.9 Å². The number of aromatic nitrogens is 5. The first-order chi connectivity index (χ1) is 7.93. The number of hydrogen-bond acceptors (Lipinski definition) is 3. The summed E-state index contributed by atoms with van der Waals surface area (Å²) < 4.78 is 0. The van der Waals surface area contributed by atoms with E-state index >= 15 is 0 Å². The quantitative estimate of drug-likeness (QED) is 0.679. The lowest BCUT2D eigenvalue weighted by Gasteiger charge is -1.99. The SMILES string of the molecule is c1cc(-c2ccc(-c3ccn[nH]3)nc2)[nH]n1. The van der Waals surface area contributed by atoms with Crippen LogP contribution in [0.1, 0.15) is 0 Å². The highest BCUT2D eigenvalue weighted by atomic mass is 15.1. The fraction of sp³-hybridized carbons (Fsp3) is 0. The minimum atomic E-state index is 0.876. The van der Waals surface area contributed by atoms with E-state index in [-0.39, 0.29) is 0 Å². The molecule has 78 valence electrons. The maximum Gasteiger partial charge on any atom is 0.0880 e. The van der Waals surface area contributed by atoms with Crippen LogP contribution in [0.5, 0.6) is 0 Å². The van der Waals surface area contributed by atoms with Gasteiger partial charge in [-0.25, -0.2) is 0 Å². The van der Waals surface area contributed by atoms with Gasteiger partial charge in [-0.15, -0.1) is 0 Å². The highest BCUT2D eigenvalue weighted by Crippen LogP contribution is 2.18. The Morgan fingerprint density at radius 1 is 0.812 bits per heavy atom. The van der Waals surface area contributed by atoms with Gasteiger partial charge in [0, 0.05) is 24.2 Å². The number of aromatic amines is 2. The topological polar surface area (TPSA) is 70.2 Å². The van der Waals surface area contributed by atoms with Gasteiger partial charge in [-0.2, -0.15) is 10.2 Å². The van der Waals surface area contributed by atoms with Crippen molar-refractivity contribution in [1.82, 2.24) is 25.4 Å². The summed E-state index contributed by atoms with van der Waals surface area (Å²) in [7, 11) is 0. The maximum absolute atomic E-state index is 4.36. The molecular formula is C11H9N5. The van der Waals surface area contributed by atoms with Crippen molar-refractivity contribution in [2.45, 2.75) is 0 Å². The Kier molecular flexibility index (Phi) is 2.00. The lowest BCUT2D eigenvalue weighted by Crippen LogP contribution is -1.85. The smallest absolute Gasteiger partial charge is 0.0880 e. The summed E-state index contributed by atoms with van der Waals surface area (Å²) in [5.74, 6) is 0. The van der Waals surface area contributed by atoms with E-state index in [1.807, 2.05) is 30.5 Å². The number of rotatable bonds is 2. The van der Waals surface area contributed by atoms with Crippen molar-refractivity contribution in [3.8, 4) is 22.6 Å². The minimum Gasteiger partial charge on any atom is -0.278 e. The monoisotopic (exact) mass is 211 g/mol. The van der Waals surface area contributed by atoms with Crippen LogP contribution in [0.4, 0.5) is 0 Å². The average Bonchev–Trinajstić information content (AvgIpc) is 3.03. The van der Waals surface area contributed by atoms with Crippen LogP contribution in [0.3, 0.4) is 0 Å². The Morgan fingerprint density at radius 3 is 2.12 bits per heavy atom. The van der Waals surface area contributed by atoms with Crippen LogP contribution >= 0.6 is 0 Å². The zero-order valence-corrected chi connectivity index (χ0v) is 8.38. The van der Waals surface area contributed by atoms with Gasteiger partial charge in [0.05, 0.1) is 17.1 Å². The number of pyridine rings is 1. The summed E-state index contributed by atoms with van der Waals surface area (Å²) in [5, 5.41) is 13.6. The van der Waals surface area contributed by atoms with Gasteiger partial charge in [-0.05, 0) is 24.3 Å². The summed E-state index contributed by atoms with van der Waals surface area (Å²) in [4.78, 5) is 4.36. The Morgan fingerprint density at radius 2 is 1.56 bits per heavy atom. The van der Waals surface area contributed by atoms with Gasteiger partial charge in [0.15, 0.2) is 0 Å². The van der Waals surface area contributed by atoms with E-state index in [4.69, 9.17) is 0 Å². The summed E-state index contributed by atoms with van der Waals surface area (Å²) in [5.41, 5.74) is 3.77. The maximum atomic E-state index is 4.36. The van der Waals surface area contributed by atoms with Crippen LogP contribution in [0, 0.1) is 0 Å². The molecule has 0 aliphatic rings. The molecule has 0 saturated carbocycles. The van der Waals surface area contributed by atoms with Crippen molar-refractivity contribution in [3.63, 3.8) is 0 Å². The van der Waals surface area contributed by atoms with Crippen molar-refractivity contribution in [2.75, 3.05) is 0 Å². The van der Waals surface area contributed by atoms with Crippen molar-refractivity contribution in [2.24, 2.45) is 0 Å². The molecule has 0 amide bonds. The minimum absolute atomic E-state index is 0.876. The van der Waals surface area contributed by atoms with E-state index in [0.29, 0.717) is 0 Å². The van der Waals surface area contributed by atoms with Gasteiger partial charge < -0.3 is 0 Å². The lowest BCUT2D eigenvalue weighted by atomic mass is 10.2. The standard InChI is InChI=1S/C11H9N5/c1-2-10(11-4-6-14-16-11)12-7-8(1)9-3-5-13-15-9/h1-7H,(H,13,15)(H,14,16). The Bertz CT molecular complexity index is 498. The molecule has 3 rings (SSSR count). The molecule has 2 N–H and O–H groups in total. The third-order valence-corrected chi connectivity index (χ3v) is 2.35. The predicted octanol–water partition coefficient (Wildman–Crippen LogP) is 1.86. The molecular weight excluding hydrogens is 202 g/mol. The molecule has 3 aromatic heterocycles.